The molecule has 0 aliphatic carbocycles. The predicted octanol–water partition coefficient (Wildman–Crippen LogP) is 2.02. The summed E-state index contributed by atoms with van der Waals surface area (Å²) in [6.45, 7) is 5.37. The van der Waals surface area contributed by atoms with Crippen LogP contribution >= 0.6 is 11.6 Å². The Hall–Kier alpha value is -1.03. The van der Waals surface area contributed by atoms with Gasteiger partial charge in [0.25, 0.3) is 0 Å². The molecule has 0 atom stereocenters. The third kappa shape index (κ3) is 2.73. The smallest absolute Gasteiger partial charge is 0.343 e. The Morgan fingerprint density at radius 1 is 1.62 bits per heavy atom. The highest BCUT2D eigenvalue weighted by atomic mass is 35.5. The Balaban J connectivity index is 2.76. The molecule has 0 bridgehead atoms. The van der Waals surface area contributed by atoms with Crippen molar-refractivity contribution in [3.8, 4) is 0 Å². The van der Waals surface area contributed by atoms with Gasteiger partial charge in [-0.2, -0.15) is 5.10 Å². The Morgan fingerprint density at radius 2 is 2.23 bits per heavy atom. The van der Waals surface area contributed by atoms with Gasteiger partial charge in [0.15, 0.2) is 0 Å². The third-order valence-corrected chi connectivity index (χ3v) is 1.50. The Bertz CT molecular complexity index is 314. The van der Waals surface area contributed by atoms with Crippen LogP contribution in [-0.4, -0.2) is 21.8 Å². The zero-order valence-corrected chi connectivity index (χ0v) is 8.47. The molecule has 0 amide bonds. The summed E-state index contributed by atoms with van der Waals surface area (Å²) in [7, 11) is 0. The molecule has 0 aromatic carbocycles. The lowest BCUT2D eigenvalue weighted by Gasteiger charge is -2.18. The van der Waals surface area contributed by atoms with Crippen LogP contribution < -0.4 is 0 Å². The summed E-state index contributed by atoms with van der Waals surface area (Å²) in [6, 6.07) is 0. The SMILES string of the molecule is CC(C)(C)OC(=O)c1cn[nH]c1Cl. The number of aromatic nitrogens is 2. The van der Waals surface area contributed by atoms with E-state index in [2.05, 4.69) is 10.2 Å². The molecule has 0 aliphatic rings. The molecular weight excluding hydrogens is 192 g/mol. The van der Waals surface area contributed by atoms with Crippen LogP contribution in [0, 0.1) is 0 Å². The molecule has 5 heteroatoms. The van der Waals surface area contributed by atoms with Gasteiger partial charge in [-0.05, 0) is 20.8 Å². The van der Waals surface area contributed by atoms with E-state index in [9.17, 15) is 4.79 Å². The number of nitrogens with zero attached hydrogens (tertiary/aromatic N) is 1. The zero-order valence-electron chi connectivity index (χ0n) is 7.72. The fourth-order valence-corrected chi connectivity index (χ4v) is 0.921. The van der Waals surface area contributed by atoms with Gasteiger partial charge in [-0.1, -0.05) is 11.6 Å². The van der Waals surface area contributed by atoms with Crippen LogP contribution in [0.3, 0.4) is 0 Å². The van der Waals surface area contributed by atoms with Gasteiger partial charge in [0.05, 0.1) is 6.20 Å². The molecule has 0 saturated heterocycles. The summed E-state index contributed by atoms with van der Waals surface area (Å²) in [4.78, 5) is 11.4. The average Bonchev–Trinajstić information content (AvgIpc) is 2.30. The first-order chi connectivity index (χ1) is 5.90. The number of hydrogen-bond donors (Lipinski definition) is 1. The number of aromatic amines is 1. The van der Waals surface area contributed by atoms with Crippen LogP contribution in [0.1, 0.15) is 31.1 Å². The molecule has 72 valence electrons. The van der Waals surface area contributed by atoms with Crippen molar-refractivity contribution >= 4 is 17.6 Å². The number of esters is 1. The number of H-pyrrole nitrogens is 1. The molecule has 0 fully saturated rings. The normalized spacial score (nSPS) is 11.4. The molecule has 13 heavy (non-hydrogen) atoms. The zero-order chi connectivity index (χ0) is 10.1. The largest absolute Gasteiger partial charge is 0.456 e. The second-order valence-electron chi connectivity index (χ2n) is 3.60. The van der Waals surface area contributed by atoms with Gasteiger partial charge in [-0.25, -0.2) is 4.79 Å². The summed E-state index contributed by atoms with van der Waals surface area (Å²) in [5.41, 5.74) is -0.255. The van der Waals surface area contributed by atoms with Gasteiger partial charge < -0.3 is 4.74 Å². The van der Waals surface area contributed by atoms with E-state index in [-0.39, 0.29) is 10.7 Å². The molecule has 0 spiro atoms. The van der Waals surface area contributed by atoms with Gasteiger partial charge in [0.2, 0.25) is 0 Å². The lowest BCUT2D eigenvalue weighted by molar-refractivity contribution is 0.00699. The minimum atomic E-state index is -0.516. The van der Waals surface area contributed by atoms with E-state index in [1.807, 2.05) is 0 Å². The summed E-state index contributed by atoms with van der Waals surface area (Å²) >= 11 is 5.64. The number of nitrogens with one attached hydrogen (secondary N) is 1. The molecule has 0 saturated carbocycles. The van der Waals surface area contributed by atoms with Crippen LogP contribution in [0.25, 0.3) is 0 Å². The van der Waals surface area contributed by atoms with Crippen molar-refractivity contribution < 1.29 is 9.53 Å². The van der Waals surface area contributed by atoms with E-state index in [4.69, 9.17) is 16.3 Å². The van der Waals surface area contributed by atoms with Crippen LogP contribution in [0.5, 0.6) is 0 Å². The van der Waals surface area contributed by atoms with Crippen LogP contribution in [0.15, 0.2) is 6.20 Å². The van der Waals surface area contributed by atoms with Crippen molar-refractivity contribution in [1.82, 2.24) is 10.2 Å². The van der Waals surface area contributed by atoms with Crippen molar-refractivity contribution in [1.29, 1.82) is 0 Å². The second-order valence-corrected chi connectivity index (χ2v) is 3.98. The Kier molecular flexibility index (Phi) is 2.61. The van der Waals surface area contributed by atoms with Crippen molar-refractivity contribution in [2.75, 3.05) is 0 Å². The molecule has 1 N–H and O–H groups in total. The highest BCUT2D eigenvalue weighted by molar-refractivity contribution is 6.32. The van der Waals surface area contributed by atoms with Crippen LogP contribution in [0.4, 0.5) is 0 Å². The van der Waals surface area contributed by atoms with Gasteiger partial charge >= 0.3 is 5.97 Å². The predicted molar refractivity (Wildman–Crippen MR) is 48.8 cm³/mol. The summed E-state index contributed by atoms with van der Waals surface area (Å²) in [6.07, 6.45) is 1.34. The maximum atomic E-state index is 11.4. The third-order valence-electron chi connectivity index (χ3n) is 1.21. The fraction of sp³-hybridized carbons (Fsp3) is 0.500. The number of rotatable bonds is 1. The van der Waals surface area contributed by atoms with Crippen molar-refractivity contribution in [2.45, 2.75) is 26.4 Å². The summed E-state index contributed by atoms with van der Waals surface area (Å²) < 4.78 is 5.08. The molecular formula is C8H11ClN2O2. The second kappa shape index (κ2) is 3.38. The molecule has 0 unspecified atom stereocenters. The van der Waals surface area contributed by atoms with E-state index < -0.39 is 11.6 Å². The number of ether oxygens (including phenoxy) is 1. The molecule has 0 aliphatic heterocycles. The fourth-order valence-electron chi connectivity index (χ4n) is 0.746. The van der Waals surface area contributed by atoms with Gasteiger partial charge in [0.1, 0.15) is 16.3 Å². The highest BCUT2D eigenvalue weighted by Crippen LogP contribution is 2.16. The monoisotopic (exact) mass is 202 g/mol. The van der Waals surface area contributed by atoms with Gasteiger partial charge in [-0.3, -0.25) is 5.10 Å². The first-order valence-corrected chi connectivity index (χ1v) is 4.20. The maximum absolute atomic E-state index is 11.4. The Labute approximate surface area is 81.2 Å². The first kappa shape index (κ1) is 10.1. The molecule has 1 rings (SSSR count). The number of halogens is 1. The van der Waals surface area contributed by atoms with Crippen LogP contribution in [-0.2, 0) is 4.74 Å². The number of carbonyl (C=O) groups excluding carboxylic acids is 1. The topological polar surface area (TPSA) is 55.0 Å². The van der Waals surface area contributed by atoms with Gasteiger partial charge in [-0.15, -0.1) is 0 Å². The quantitative estimate of drug-likeness (QED) is 0.709. The van der Waals surface area contributed by atoms with E-state index in [1.54, 1.807) is 20.8 Å². The molecule has 1 aromatic heterocycles. The molecule has 1 aromatic rings. The number of hydrogen-bond acceptors (Lipinski definition) is 3. The molecule has 4 nitrogen and oxygen atoms in total. The number of carbonyl (C=O) groups is 1. The maximum Gasteiger partial charge on any atom is 0.343 e. The molecule has 1 heterocycles. The van der Waals surface area contributed by atoms with E-state index >= 15 is 0 Å². The van der Waals surface area contributed by atoms with Crippen molar-refractivity contribution in [3.63, 3.8) is 0 Å². The van der Waals surface area contributed by atoms with Gasteiger partial charge in [0, 0.05) is 0 Å². The van der Waals surface area contributed by atoms with Crippen molar-refractivity contribution in [2.24, 2.45) is 0 Å². The lowest BCUT2D eigenvalue weighted by Crippen LogP contribution is -2.23. The summed E-state index contributed by atoms with van der Waals surface area (Å²) in [5, 5.41) is 6.27. The minimum Gasteiger partial charge on any atom is -0.456 e. The average molecular weight is 203 g/mol. The van der Waals surface area contributed by atoms with E-state index in [0.717, 1.165) is 0 Å². The first-order valence-electron chi connectivity index (χ1n) is 3.82. The summed E-state index contributed by atoms with van der Waals surface area (Å²) in [5.74, 6) is -0.466. The van der Waals surface area contributed by atoms with E-state index in [1.165, 1.54) is 6.20 Å². The van der Waals surface area contributed by atoms with Crippen LogP contribution in [0.2, 0.25) is 5.15 Å². The molecule has 0 radical (unpaired) electrons. The standard InChI is InChI=1S/C8H11ClN2O2/c1-8(2,3)13-7(12)5-4-10-11-6(5)9/h4H,1-3H3,(H,10,11). The van der Waals surface area contributed by atoms with Crippen molar-refractivity contribution in [3.05, 3.63) is 16.9 Å². The Morgan fingerprint density at radius 3 is 2.62 bits per heavy atom. The van der Waals surface area contributed by atoms with E-state index in [0.29, 0.717) is 0 Å². The minimum absolute atomic E-state index is 0.203. The lowest BCUT2D eigenvalue weighted by atomic mass is 10.2. The highest BCUT2D eigenvalue weighted by Gasteiger charge is 2.20.